The number of Topliss-reactive ketones (excluding diaryl/α,β-unsaturated/α-hetero) is 1. The van der Waals surface area contributed by atoms with Gasteiger partial charge in [0.25, 0.3) is 0 Å². The number of carbonyl (C=O) groups excluding carboxylic acids is 1. The van der Waals surface area contributed by atoms with Crippen LogP contribution in [0.3, 0.4) is 0 Å². The van der Waals surface area contributed by atoms with Crippen LogP contribution < -0.4 is 0 Å². The van der Waals surface area contributed by atoms with Crippen LogP contribution in [0.5, 0.6) is 0 Å². The van der Waals surface area contributed by atoms with Crippen molar-refractivity contribution in [3.8, 4) is 0 Å². The van der Waals surface area contributed by atoms with E-state index >= 15 is 0 Å². The van der Waals surface area contributed by atoms with E-state index in [4.69, 9.17) is 0 Å². The lowest BCUT2D eigenvalue weighted by Gasteiger charge is -2.06. The highest BCUT2D eigenvalue weighted by atomic mass is 16.1. The summed E-state index contributed by atoms with van der Waals surface area (Å²) in [5.74, 6) is 0.284. The Bertz CT molecular complexity index is 230. The van der Waals surface area contributed by atoms with E-state index in [0.29, 0.717) is 12.8 Å². The van der Waals surface area contributed by atoms with Gasteiger partial charge in [-0.2, -0.15) is 0 Å². The number of hydrogen-bond acceptors (Lipinski definition) is 1. The second-order valence-corrected chi connectivity index (χ2v) is 3.78. The monoisotopic (exact) mass is 180 g/mol. The van der Waals surface area contributed by atoms with Gasteiger partial charge in [0.1, 0.15) is 5.78 Å². The molecule has 0 saturated heterocycles. The Kier molecular flexibility index (Phi) is 5.36. The first-order chi connectivity index (χ1) is 5.97. The van der Waals surface area contributed by atoms with E-state index < -0.39 is 0 Å². The molecule has 0 spiro atoms. The minimum atomic E-state index is 0.284. The number of rotatable bonds is 5. The van der Waals surface area contributed by atoms with Crippen LogP contribution in [0.15, 0.2) is 23.3 Å². The molecule has 0 radical (unpaired) electrons. The Balaban J connectivity index is 4.03. The van der Waals surface area contributed by atoms with Crippen molar-refractivity contribution in [2.75, 3.05) is 0 Å². The van der Waals surface area contributed by atoms with Crippen molar-refractivity contribution < 1.29 is 4.79 Å². The summed E-state index contributed by atoms with van der Waals surface area (Å²) in [6.45, 7) is 12.1. The van der Waals surface area contributed by atoms with Crippen LogP contribution >= 0.6 is 0 Å². The van der Waals surface area contributed by atoms with Crippen LogP contribution in [0.4, 0.5) is 0 Å². The topological polar surface area (TPSA) is 17.1 Å². The van der Waals surface area contributed by atoms with Gasteiger partial charge < -0.3 is 0 Å². The predicted octanol–water partition coefficient (Wildman–Crippen LogP) is 3.66. The highest BCUT2D eigenvalue weighted by molar-refractivity contribution is 5.80. The highest BCUT2D eigenvalue weighted by Crippen LogP contribution is 2.15. The van der Waals surface area contributed by atoms with Gasteiger partial charge in [0.2, 0.25) is 0 Å². The smallest absolute Gasteiger partial charge is 0.136 e. The van der Waals surface area contributed by atoms with Gasteiger partial charge in [-0.25, -0.2) is 0 Å². The first kappa shape index (κ1) is 12.2. The molecule has 1 nitrogen and oxygen atoms in total. The van der Waals surface area contributed by atoms with Crippen LogP contribution in [0.1, 0.15) is 47.0 Å². The predicted molar refractivity (Wildman–Crippen MR) is 57.7 cm³/mol. The molecule has 1 heteroatoms. The van der Waals surface area contributed by atoms with Crippen molar-refractivity contribution in [2.45, 2.75) is 47.0 Å². The van der Waals surface area contributed by atoms with Crippen molar-refractivity contribution in [1.82, 2.24) is 0 Å². The average Bonchev–Trinajstić information content (AvgIpc) is 2.03. The highest BCUT2D eigenvalue weighted by Gasteiger charge is 2.03. The summed E-state index contributed by atoms with van der Waals surface area (Å²) >= 11 is 0. The lowest BCUT2D eigenvalue weighted by Crippen LogP contribution is -1.97. The summed E-state index contributed by atoms with van der Waals surface area (Å²) in [7, 11) is 0. The summed E-state index contributed by atoms with van der Waals surface area (Å²) in [5, 5.41) is 0. The SMILES string of the molecule is C=C(CC(=O)CC)CC(C)=C(C)C. The number of allylic oxidation sites excluding steroid dienone is 3. The molecular formula is C12H20O. The number of hydrogen-bond donors (Lipinski definition) is 0. The van der Waals surface area contributed by atoms with Crippen molar-refractivity contribution in [2.24, 2.45) is 0 Å². The standard InChI is InChI=1S/C12H20O/c1-6-12(13)8-10(4)7-11(5)9(2)3/h4,6-8H2,1-3,5H3. The molecule has 0 atom stereocenters. The number of ketones is 1. The molecule has 0 aromatic heterocycles. The van der Waals surface area contributed by atoms with Crippen molar-refractivity contribution >= 4 is 5.78 Å². The molecule has 0 aliphatic carbocycles. The third-order valence-corrected chi connectivity index (χ3v) is 2.21. The second kappa shape index (κ2) is 5.74. The minimum Gasteiger partial charge on any atom is -0.299 e. The van der Waals surface area contributed by atoms with E-state index in [1.807, 2.05) is 6.92 Å². The Morgan fingerprint density at radius 1 is 1.15 bits per heavy atom. The zero-order chi connectivity index (χ0) is 10.4. The van der Waals surface area contributed by atoms with Crippen molar-refractivity contribution in [3.63, 3.8) is 0 Å². The summed E-state index contributed by atoms with van der Waals surface area (Å²) in [5.41, 5.74) is 3.68. The molecule has 0 aromatic carbocycles. The molecule has 0 saturated carbocycles. The third-order valence-electron chi connectivity index (χ3n) is 2.21. The van der Waals surface area contributed by atoms with Gasteiger partial charge in [-0.3, -0.25) is 4.79 Å². The zero-order valence-corrected chi connectivity index (χ0v) is 9.24. The Morgan fingerprint density at radius 2 is 1.69 bits per heavy atom. The Hall–Kier alpha value is -0.850. The van der Waals surface area contributed by atoms with Gasteiger partial charge in [-0.15, -0.1) is 0 Å². The first-order valence-corrected chi connectivity index (χ1v) is 4.78. The van der Waals surface area contributed by atoms with E-state index in [1.165, 1.54) is 11.1 Å². The maximum absolute atomic E-state index is 11.1. The fourth-order valence-electron chi connectivity index (χ4n) is 1.02. The molecule has 0 N–H and O–H groups in total. The van der Waals surface area contributed by atoms with E-state index in [9.17, 15) is 4.79 Å². The van der Waals surface area contributed by atoms with Gasteiger partial charge in [0.05, 0.1) is 0 Å². The molecule has 0 fully saturated rings. The van der Waals surface area contributed by atoms with E-state index in [0.717, 1.165) is 12.0 Å². The maximum Gasteiger partial charge on any atom is 0.136 e. The molecular weight excluding hydrogens is 160 g/mol. The second-order valence-electron chi connectivity index (χ2n) is 3.78. The molecule has 0 aliphatic heterocycles. The molecule has 74 valence electrons. The normalized spacial score (nSPS) is 9.54. The summed E-state index contributed by atoms with van der Waals surface area (Å²) in [6.07, 6.45) is 2.03. The van der Waals surface area contributed by atoms with Crippen LogP contribution in [0.2, 0.25) is 0 Å². The van der Waals surface area contributed by atoms with E-state index in [-0.39, 0.29) is 5.78 Å². The Morgan fingerprint density at radius 3 is 2.08 bits per heavy atom. The van der Waals surface area contributed by atoms with Crippen LogP contribution in [0, 0.1) is 0 Å². The molecule has 0 bridgehead atoms. The van der Waals surface area contributed by atoms with Crippen LogP contribution in [0.25, 0.3) is 0 Å². The summed E-state index contributed by atoms with van der Waals surface area (Å²) in [6, 6.07) is 0. The summed E-state index contributed by atoms with van der Waals surface area (Å²) in [4.78, 5) is 11.1. The van der Waals surface area contributed by atoms with Gasteiger partial charge in [0, 0.05) is 12.8 Å². The average molecular weight is 180 g/mol. The minimum absolute atomic E-state index is 0.284. The summed E-state index contributed by atoms with van der Waals surface area (Å²) < 4.78 is 0. The largest absolute Gasteiger partial charge is 0.299 e. The van der Waals surface area contributed by atoms with E-state index in [1.54, 1.807) is 0 Å². The molecule has 0 unspecified atom stereocenters. The van der Waals surface area contributed by atoms with Gasteiger partial charge in [-0.05, 0) is 27.2 Å². The number of carbonyl (C=O) groups is 1. The van der Waals surface area contributed by atoms with Gasteiger partial charge in [-0.1, -0.05) is 30.2 Å². The fourth-order valence-corrected chi connectivity index (χ4v) is 1.02. The van der Waals surface area contributed by atoms with Crippen molar-refractivity contribution in [1.29, 1.82) is 0 Å². The van der Waals surface area contributed by atoms with Gasteiger partial charge in [0.15, 0.2) is 0 Å². The first-order valence-electron chi connectivity index (χ1n) is 4.78. The Labute approximate surface area is 81.5 Å². The van der Waals surface area contributed by atoms with Crippen molar-refractivity contribution in [3.05, 3.63) is 23.3 Å². The molecule has 0 aliphatic rings. The van der Waals surface area contributed by atoms with Crippen LogP contribution in [-0.2, 0) is 4.79 Å². The van der Waals surface area contributed by atoms with Gasteiger partial charge >= 0.3 is 0 Å². The molecule has 0 aromatic rings. The fraction of sp³-hybridized carbons (Fsp3) is 0.583. The van der Waals surface area contributed by atoms with Crippen LogP contribution in [-0.4, -0.2) is 5.78 Å². The lowest BCUT2D eigenvalue weighted by molar-refractivity contribution is -0.118. The quantitative estimate of drug-likeness (QED) is 0.590. The molecule has 0 heterocycles. The maximum atomic E-state index is 11.1. The third kappa shape index (κ3) is 5.40. The zero-order valence-electron chi connectivity index (χ0n) is 9.24. The molecule has 0 rings (SSSR count). The molecule has 13 heavy (non-hydrogen) atoms. The molecule has 0 amide bonds. The lowest BCUT2D eigenvalue weighted by atomic mass is 10.00. The van der Waals surface area contributed by atoms with E-state index in [2.05, 4.69) is 27.4 Å².